The van der Waals surface area contributed by atoms with Crippen LogP contribution in [-0.2, 0) is 0 Å². The molecule has 0 radical (unpaired) electrons. The third kappa shape index (κ3) is 2.81. The van der Waals surface area contributed by atoms with Gasteiger partial charge < -0.3 is 15.7 Å². The molecule has 0 spiro atoms. The second-order valence-corrected chi connectivity index (χ2v) is 4.85. The molecule has 0 heterocycles. The molecule has 110 valence electrons. The molecular formula is C16H17FN2O2. The lowest BCUT2D eigenvalue weighted by Gasteiger charge is -2.26. The molecule has 0 saturated carbocycles. The largest absolute Gasteiger partial charge is 0.508 e. The Morgan fingerprint density at radius 1 is 1.24 bits per heavy atom. The molecule has 1 atom stereocenters. The van der Waals surface area contributed by atoms with Gasteiger partial charge in [-0.15, -0.1) is 0 Å². The predicted octanol–water partition coefficient (Wildman–Crippen LogP) is 2.95. The fourth-order valence-corrected chi connectivity index (χ4v) is 2.14. The SMILES string of the molecule is CC(c1ccccc1O)N(C)C(=O)c1cccc(F)c1N. The lowest BCUT2D eigenvalue weighted by Crippen LogP contribution is -2.30. The normalized spacial score (nSPS) is 12.0. The predicted molar refractivity (Wildman–Crippen MR) is 79.4 cm³/mol. The molecule has 1 amide bonds. The summed E-state index contributed by atoms with van der Waals surface area (Å²) >= 11 is 0. The van der Waals surface area contributed by atoms with Gasteiger partial charge >= 0.3 is 0 Å². The van der Waals surface area contributed by atoms with Gasteiger partial charge in [0.05, 0.1) is 17.3 Å². The second kappa shape index (κ2) is 5.83. The molecule has 0 fully saturated rings. The molecule has 5 heteroatoms. The number of para-hydroxylation sites is 2. The monoisotopic (exact) mass is 288 g/mol. The van der Waals surface area contributed by atoms with Crippen molar-refractivity contribution in [1.82, 2.24) is 4.90 Å². The third-order valence-electron chi connectivity index (χ3n) is 3.57. The third-order valence-corrected chi connectivity index (χ3v) is 3.57. The first-order chi connectivity index (χ1) is 9.93. The minimum atomic E-state index is -0.621. The van der Waals surface area contributed by atoms with E-state index in [-0.39, 0.29) is 23.0 Å². The van der Waals surface area contributed by atoms with Gasteiger partial charge in [0.15, 0.2) is 0 Å². The molecule has 0 aliphatic rings. The van der Waals surface area contributed by atoms with Crippen LogP contribution in [0.2, 0.25) is 0 Å². The van der Waals surface area contributed by atoms with Crippen LogP contribution in [0.1, 0.15) is 28.9 Å². The maximum absolute atomic E-state index is 13.5. The van der Waals surface area contributed by atoms with Crippen molar-refractivity contribution in [3.05, 3.63) is 59.4 Å². The van der Waals surface area contributed by atoms with Crippen LogP contribution < -0.4 is 5.73 Å². The molecule has 0 saturated heterocycles. The first-order valence-corrected chi connectivity index (χ1v) is 6.52. The maximum Gasteiger partial charge on any atom is 0.256 e. The van der Waals surface area contributed by atoms with Crippen molar-refractivity contribution < 1.29 is 14.3 Å². The molecule has 4 nitrogen and oxygen atoms in total. The number of amides is 1. The molecule has 0 aliphatic heterocycles. The molecular weight excluding hydrogens is 271 g/mol. The standard InChI is InChI=1S/C16H17FN2O2/c1-10(11-6-3-4-9-14(11)20)19(2)16(21)12-7-5-8-13(17)15(12)18/h3-10,20H,18H2,1-2H3. The molecule has 0 aliphatic carbocycles. The minimum absolute atomic E-state index is 0.108. The van der Waals surface area contributed by atoms with E-state index >= 15 is 0 Å². The van der Waals surface area contributed by atoms with Crippen LogP contribution in [0.4, 0.5) is 10.1 Å². The average molecular weight is 288 g/mol. The highest BCUT2D eigenvalue weighted by Crippen LogP contribution is 2.29. The summed E-state index contributed by atoms with van der Waals surface area (Å²) < 4.78 is 13.5. The Morgan fingerprint density at radius 3 is 2.57 bits per heavy atom. The number of carbonyl (C=O) groups excluding carboxylic acids is 1. The number of nitrogen functional groups attached to an aromatic ring is 1. The van der Waals surface area contributed by atoms with E-state index in [1.165, 1.54) is 23.1 Å². The van der Waals surface area contributed by atoms with Gasteiger partial charge in [-0.2, -0.15) is 0 Å². The highest BCUT2D eigenvalue weighted by atomic mass is 19.1. The summed E-state index contributed by atoms with van der Waals surface area (Å²) in [6.45, 7) is 1.78. The Balaban J connectivity index is 2.31. The number of nitrogens with zero attached hydrogens (tertiary/aromatic N) is 1. The van der Waals surface area contributed by atoms with Crippen molar-refractivity contribution in [3.8, 4) is 5.75 Å². The van der Waals surface area contributed by atoms with E-state index < -0.39 is 11.7 Å². The molecule has 2 aromatic rings. The van der Waals surface area contributed by atoms with Crippen LogP contribution in [0.3, 0.4) is 0 Å². The summed E-state index contributed by atoms with van der Waals surface area (Å²) in [5, 5.41) is 9.86. The number of halogens is 1. The maximum atomic E-state index is 13.5. The number of carbonyl (C=O) groups is 1. The Hall–Kier alpha value is -2.56. The molecule has 3 N–H and O–H groups in total. The van der Waals surface area contributed by atoms with Gasteiger partial charge in [-0.1, -0.05) is 24.3 Å². The smallest absolute Gasteiger partial charge is 0.256 e. The van der Waals surface area contributed by atoms with Crippen molar-refractivity contribution in [2.45, 2.75) is 13.0 Å². The van der Waals surface area contributed by atoms with E-state index in [0.29, 0.717) is 5.56 Å². The number of hydrogen-bond acceptors (Lipinski definition) is 3. The van der Waals surface area contributed by atoms with Gasteiger partial charge in [0.1, 0.15) is 11.6 Å². The summed E-state index contributed by atoms with van der Waals surface area (Å²) in [5.74, 6) is -0.913. The Labute approximate surface area is 122 Å². The van der Waals surface area contributed by atoms with Crippen LogP contribution in [0, 0.1) is 5.82 Å². The fourth-order valence-electron chi connectivity index (χ4n) is 2.14. The summed E-state index contributed by atoms with van der Waals surface area (Å²) in [6, 6.07) is 10.5. The van der Waals surface area contributed by atoms with Crippen LogP contribution >= 0.6 is 0 Å². The van der Waals surface area contributed by atoms with Gasteiger partial charge in [0.2, 0.25) is 0 Å². The number of benzene rings is 2. The van der Waals surface area contributed by atoms with Gasteiger partial charge in [-0.25, -0.2) is 4.39 Å². The molecule has 0 aromatic heterocycles. The van der Waals surface area contributed by atoms with E-state index in [9.17, 15) is 14.3 Å². The first kappa shape index (κ1) is 14.8. The van der Waals surface area contributed by atoms with Gasteiger partial charge in [-0.3, -0.25) is 4.79 Å². The lowest BCUT2D eigenvalue weighted by molar-refractivity contribution is 0.0742. The van der Waals surface area contributed by atoms with E-state index in [1.807, 2.05) is 0 Å². The van der Waals surface area contributed by atoms with Crippen molar-refractivity contribution >= 4 is 11.6 Å². The number of rotatable bonds is 3. The highest BCUT2D eigenvalue weighted by Gasteiger charge is 2.23. The number of aromatic hydroxyl groups is 1. The average Bonchev–Trinajstić information content (AvgIpc) is 2.48. The van der Waals surface area contributed by atoms with Crippen molar-refractivity contribution in [1.29, 1.82) is 0 Å². The zero-order chi connectivity index (χ0) is 15.6. The van der Waals surface area contributed by atoms with Crippen molar-refractivity contribution in [3.63, 3.8) is 0 Å². The summed E-state index contributed by atoms with van der Waals surface area (Å²) in [6.07, 6.45) is 0. The minimum Gasteiger partial charge on any atom is -0.508 e. The van der Waals surface area contributed by atoms with Crippen LogP contribution in [0.15, 0.2) is 42.5 Å². The molecule has 2 aromatic carbocycles. The zero-order valence-corrected chi connectivity index (χ0v) is 11.9. The number of hydrogen-bond donors (Lipinski definition) is 2. The van der Waals surface area contributed by atoms with Gasteiger partial charge in [-0.05, 0) is 25.1 Å². The van der Waals surface area contributed by atoms with E-state index in [2.05, 4.69) is 0 Å². The summed E-state index contributed by atoms with van der Waals surface area (Å²) in [4.78, 5) is 13.9. The van der Waals surface area contributed by atoms with Crippen molar-refractivity contribution in [2.75, 3.05) is 12.8 Å². The van der Waals surface area contributed by atoms with Crippen LogP contribution in [0.25, 0.3) is 0 Å². The van der Waals surface area contributed by atoms with Crippen LogP contribution in [0.5, 0.6) is 5.75 Å². The van der Waals surface area contributed by atoms with Gasteiger partial charge in [0.25, 0.3) is 5.91 Å². The van der Waals surface area contributed by atoms with E-state index in [4.69, 9.17) is 5.73 Å². The number of nitrogens with two attached hydrogens (primary N) is 1. The second-order valence-electron chi connectivity index (χ2n) is 4.85. The Kier molecular flexibility index (Phi) is 4.12. The van der Waals surface area contributed by atoms with Gasteiger partial charge in [0, 0.05) is 12.6 Å². The number of phenolic OH excluding ortho intramolecular Hbond substituents is 1. The Morgan fingerprint density at radius 2 is 1.90 bits per heavy atom. The van der Waals surface area contributed by atoms with E-state index in [0.717, 1.165) is 0 Å². The molecule has 2 rings (SSSR count). The molecule has 0 bridgehead atoms. The fraction of sp³-hybridized carbons (Fsp3) is 0.188. The van der Waals surface area contributed by atoms with Crippen LogP contribution in [-0.4, -0.2) is 23.0 Å². The van der Waals surface area contributed by atoms with Crippen molar-refractivity contribution in [2.24, 2.45) is 0 Å². The molecule has 1 unspecified atom stereocenters. The molecule has 21 heavy (non-hydrogen) atoms. The summed E-state index contributed by atoms with van der Waals surface area (Å²) in [7, 11) is 1.59. The first-order valence-electron chi connectivity index (χ1n) is 6.52. The topological polar surface area (TPSA) is 66.6 Å². The summed E-state index contributed by atoms with van der Waals surface area (Å²) in [5.41, 5.74) is 6.18. The number of anilines is 1. The lowest BCUT2D eigenvalue weighted by atomic mass is 10.0. The number of phenols is 1. The Bertz CT molecular complexity index is 673. The highest BCUT2D eigenvalue weighted by molar-refractivity contribution is 5.99. The van der Waals surface area contributed by atoms with E-state index in [1.54, 1.807) is 38.2 Å². The zero-order valence-electron chi connectivity index (χ0n) is 11.9. The quantitative estimate of drug-likeness (QED) is 0.853.